The largest absolute Gasteiger partial charge is 0.444 e. The number of amides is 2. The van der Waals surface area contributed by atoms with E-state index in [1.807, 2.05) is 13.8 Å². The van der Waals surface area contributed by atoms with Crippen LogP contribution in [0.3, 0.4) is 0 Å². The van der Waals surface area contributed by atoms with Gasteiger partial charge in [-0.15, -0.1) is 10.2 Å². The van der Waals surface area contributed by atoms with Crippen molar-refractivity contribution in [3.8, 4) is 0 Å². The van der Waals surface area contributed by atoms with E-state index in [4.69, 9.17) is 4.42 Å². The summed E-state index contributed by atoms with van der Waals surface area (Å²) in [6.07, 6.45) is 1.94. The van der Waals surface area contributed by atoms with Gasteiger partial charge in [-0.05, 0) is 26.2 Å². The molecule has 182 valence electrons. The third-order valence-electron chi connectivity index (χ3n) is 6.11. The van der Waals surface area contributed by atoms with E-state index in [-0.39, 0.29) is 29.6 Å². The summed E-state index contributed by atoms with van der Waals surface area (Å²) < 4.78 is 7.68. The molecule has 3 N–H and O–H groups in total. The number of likely N-dealkylation sites (N-methyl/N-ethyl adjacent to an activating group) is 1. The molecule has 12 nitrogen and oxygen atoms in total. The third kappa shape index (κ3) is 4.45. The minimum atomic E-state index is -0.582. The molecule has 0 saturated heterocycles. The van der Waals surface area contributed by atoms with Gasteiger partial charge >= 0.3 is 0 Å². The zero-order chi connectivity index (χ0) is 24.6. The quantitative estimate of drug-likeness (QED) is 0.439. The number of hydrogen-bond acceptors (Lipinski definition) is 8. The predicted octanol–water partition coefficient (Wildman–Crippen LogP) is 0.882. The van der Waals surface area contributed by atoms with Crippen LogP contribution >= 0.6 is 0 Å². The van der Waals surface area contributed by atoms with Crippen LogP contribution in [0, 0.1) is 19.8 Å². The van der Waals surface area contributed by atoms with Gasteiger partial charge in [-0.2, -0.15) is 5.10 Å². The molecule has 2 amide bonds. The Hall–Kier alpha value is -3.54. The first-order valence-electron chi connectivity index (χ1n) is 11.3. The molecule has 1 aliphatic rings. The molecule has 1 aliphatic heterocycles. The Morgan fingerprint density at radius 1 is 1.24 bits per heavy atom. The van der Waals surface area contributed by atoms with Gasteiger partial charge in [0.05, 0.1) is 30.2 Å². The molecule has 4 rings (SSSR count). The van der Waals surface area contributed by atoms with Crippen molar-refractivity contribution in [3.63, 3.8) is 0 Å². The summed E-state index contributed by atoms with van der Waals surface area (Å²) in [6.45, 7) is 8.35. The van der Waals surface area contributed by atoms with Crippen molar-refractivity contribution < 1.29 is 14.0 Å². The number of hydrogen-bond donors (Lipinski definition) is 3. The fourth-order valence-electron chi connectivity index (χ4n) is 4.37. The van der Waals surface area contributed by atoms with Gasteiger partial charge in [-0.25, -0.2) is 5.10 Å². The average molecular weight is 471 g/mol. The molecule has 4 heterocycles. The fourth-order valence-corrected chi connectivity index (χ4v) is 4.37. The summed E-state index contributed by atoms with van der Waals surface area (Å²) in [6, 6.07) is -0.582. The fraction of sp³-hybridized carbons (Fsp3) is 0.545. The van der Waals surface area contributed by atoms with Gasteiger partial charge in [0.25, 0.3) is 5.56 Å². The van der Waals surface area contributed by atoms with Crippen LogP contribution in [0.5, 0.6) is 0 Å². The summed E-state index contributed by atoms with van der Waals surface area (Å²) in [5, 5.41) is 21.3. The van der Waals surface area contributed by atoms with E-state index in [1.165, 1.54) is 0 Å². The highest BCUT2D eigenvalue weighted by molar-refractivity contribution is 6.02. The number of rotatable bonds is 8. The lowest BCUT2D eigenvalue weighted by Crippen LogP contribution is -2.50. The summed E-state index contributed by atoms with van der Waals surface area (Å²) in [4.78, 5) is 39.7. The summed E-state index contributed by atoms with van der Waals surface area (Å²) in [5.41, 5.74) is 0.152. The van der Waals surface area contributed by atoms with Gasteiger partial charge in [0.1, 0.15) is 17.0 Å². The Balaban J connectivity index is 1.41. The van der Waals surface area contributed by atoms with Crippen molar-refractivity contribution in [1.82, 2.24) is 35.2 Å². The number of furan rings is 1. The van der Waals surface area contributed by atoms with Gasteiger partial charge in [0.15, 0.2) is 5.82 Å². The van der Waals surface area contributed by atoms with E-state index < -0.39 is 17.5 Å². The number of aromatic nitrogens is 5. The minimum Gasteiger partial charge on any atom is -0.444 e. The van der Waals surface area contributed by atoms with E-state index >= 15 is 0 Å². The maximum atomic E-state index is 13.1. The van der Waals surface area contributed by atoms with Gasteiger partial charge < -0.3 is 13.9 Å². The molecule has 0 bridgehead atoms. The molecule has 34 heavy (non-hydrogen) atoms. The zero-order valence-corrected chi connectivity index (χ0v) is 20.1. The Morgan fingerprint density at radius 2 is 2.00 bits per heavy atom. The van der Waals surface area contributed by atoms with Gasteiger partial charge in [0.2, 0.25) is 17.7 Å². The summed E-state index contributed by atoms with van der Waals surface area (Å²) in [7, 11) is 1.72. The second kappa shape index (κ2) is 9.37. The van der Waals surface area contributed by atoms with Gasteiger partial charge in [0, 0.05) is 20.0 Å². The molecular formula is C22H30N8O4. The molecule has 0 spiro atoms. The normalized spacial score (nSPS) is 13.9. The van der Waals surface area contributed by atoms with Crippen LogP contribution in [0.1, 0.15) is 43.4 Å². The topological polar surface area (TPSA) is 151 Å². The number of carbonyl (C=O) groups excluding carboxylic acids is 2. The first-order valence-corrected chi connectivity index (χ1v) is 11.3. The first kappa shape index (κ1) is 23.6. The van der Waals surface area contributed by atoms with Crippen LogP contribution in [-0.4, -0.2) is 61.3 Å². The zero-order valence-electron chi connectivity index (χ0n) is 20.1. The maximum Gasteiger partial charge on any atom is 0.277 e. The number of aromatic amines is 1. The SMILES string of the molecule is Cc1n[nH]c(=O)c2c(NC(=O)CNC(C(=O)N(C)Cc3nnc4n3CCC4)C(C)C)oc(C)c12. The summed E-state index contributed by atoms with van der Waals surface area (Å²) >= 11 is 0. The molecule has 0 radical (unpaired) electrons. The molecule has 0 fully saturated rings. The monoisotopic (exact) mass is 470 g/mol. The van der Waals surface area contributed by atoms with E-state index in [2.05, 4.69) is 35.6 Å². The molecule has 1 unspecified atom stereocenters. The lowest BCUT2D eigenvalue weighted by molar-refractivity contribution is -0.134. The molecule has 3 aromatic rings. The number of fused-ring (bicyclic) bond motifs is 2. The van der Waals surface area contributed by atoms with Crippen molar-refractivity contribution >= 4 is 28.5 Å². The van der Waals surface area contributed by atoms with Crippen molar-refractivity contribution in [2.24, 2.45) is 5.92 Å². The Morgan fingerprint density at radius 3 is 2.74 bits per heavy atom. The van der Waals surface area contributed by atoms with Crippen molar-refractivity contribution in [2.45, 2.75) is 59.7 Å². The minimum absolute atomic E-state index is 0.0601. The van der Waals surface area contributed by atoms with Crippen LogP contribution in [0.2, 0.25) is 0 Å². The van der Waals surface area contributed by atoms with Crippen molar-refractivity contribution in [2.75, 3.05) is 18.9 Å². The molecular weight excluding hydrogens is 440 g/mol. The lowest BCUT2D eigenvalue weighted by Gasteiger charge is -2.26. The standard InChI is InChI=1S/C22H30N8O4/c1-11(2)19(22(33)29(5)10-15-27-26-14-7-6-8-30(14)15)23-9-16(31)24-21-18-17(13(4)34-21)12(3)25-28-20(18)32/h11,19,23H,6-10H2,1-5H3,(H,24,31)(H,28,32). The smallest absolute Gasteiger partial charge is 0.277 e. The van der Waals surface area contributed by atoms with E-state index in [9.17, 15) is 14.4 Å². The van der Waals surface area contributed by atoms with Crippen LogP contribution < -0.4 is 16.2 Å². The number of aryl methyl sites for hydroxylation is 3. The van der Waals surface area contributed by atoms with E-state index in [1.54, 1.807) is 25.8 Å². The average Bonchev–Trinajstić information content (AvgIpc) is 3.47. The number of carbonyl (C=O) groups is 2. The van der Waals surface area contributed by atoms with Gasteiger partial charge in [-0.1, -0.05) is 13.8 Å². The van der Waals surface area contributed by atoms with E-state index in [0.717, 1.165) is 31.0 Å². The molecule has 0 aromatic carbocycles. The second-order valence-corrected chi connectivity index (χ2v) is 9.01. The van der Waals surface area contributed by atoms with Crippen LogP contribution in [0.4, 0.5) is 5.88 Å². The van der Waals surface area contributed by atoms with E-state index in [0.29, 0.717) is 23.4 Å². The number of nitrogens with one attached hydrogen (secondary N) is 3. The molecule has 1 atom stereocenters. The Bertz CT molecular complexity index is 1290. The van der Waals surface area contributed by atoms with Crippen molar-refractivity contribution in [3.05, 3.63) is 33.5 Å². The molecule has 0 aliphatic carbocycles. The first-order chi connectivity index (χ1) is 16.2. The highest BCUT2D eigenvalue weighted by Crippen LogP contribution is 2.28. The van der Waals surface area contributed by atoms with Crippen LogP contribution in [-0.2, 0) is 29.1 Å². The second-order valence-electron chi connectivity index (χ2n) is 9.01. The van der Waals surface area contributed by atoms with Gasteiger partial charge in [-0.3, -0.25) is 25.0 Å². The Labute approximate surface area is 196 Å². The predicted molar refractivity (Wildman–Crippen MR) is 124 cm³/mol. The maximum absolute atomic E-state index is 13.1. The Kier molecular flexibility index (Phi) is 6.51. The molecule has 3 aromatic heterocycles. The summed E-state index contributed by atoms with van der Waals surface area (Å²) in [5.74, 6) is 1.64. The number of H-pyrrole nitrogens is 1. The number of anilines is 1. The molecule has 12 heteroatoms. The number of nitrogens with zero attached hydrogens (tertiary/aromatic N) is 5. The van der Waals surface area contributed by atoms with Crippen LogP contribution in [0.25, 0.3) is 10.8 Å². The molecule has 0 saturated carbocycles. The highest BCUT2D eigenvalue weighted by Gasteiger charge is 2.28. The van der Waals surface area contributed by atoms with Crippen LogP contribution in [0.15, 0.2) is 9.21 Å². The lowest BCUT2D eigenvalue weighted by atomic mass is 10.0. The highest BCUT2D eigenvalue weighted by atomic mass is 16.4. The van der Waals surface area contributed by atoms with Crippen molar-refractivity contribution in [1.29, 1.82) is 0 Å². The third-order valence-corrected chi connectivity index (χ3v) is 6.11.